The first-order chi connectivity index (χ1) is 8.78. The Morgan fingerprint density at radius 1 is 1.26 bits per heavy atom. The first-order valence-corrected chi connectivity index (χ1v) is 8.37. The first kappa shape index (κ1) is 17.0. The zero-order valence-electron chi connectivity index (χ0n) is 12.6. The standard InChI is InChI=1S/C15H25BrN2S/c1-15(2,3)17-11-12-6-7-14(13(16)10-12)19-9-8-18(4)5/h6-7,10,17H,8-9,11H2,1-5H3. The van der Waals surface area contributed by atoms with E-state index in [9.17, 15) is 0 Å². The van der Waals surface area contributed by atoms with Gasteiger partial charge >= 0.3 is 0 Å². The van der Waals surface area contributed by atoms with Crippen LogP contribution in [0.4, 0.5) is 0 Å². The summed E-state index contributed by atoms with van der Waals surface area (Å²) in [6.07, 6.45) is 0. The van der Waals surface area contributed by atoms with Crippen molar-refractivity contribution in [2.75, 3.05) is 26.4 Å². The summed E-state index contributed by atoms with van der Waals surface area (Å²) in [7, 11) is 4.22. The van der Waals surface area contributed by atoms with Crippen molar-refractivity contribution >= 4 is 27.7 Å². The van der Waals surface area contributed by atoms with Crippen LogP contribution in [0.25, 0.3) is 0 Å². The van der Waals surface area contributed by atoms with Crippen LogP contribution in [0.5, 0.6) is 0 Å². The van der Waals surface area contributed by atoms with Crippen molar-refractivity contribution in [1.29, 1.82) is 0 Å². The summed E-state index contributed by atoms with van der Waals surface area (Å²) >= 11 is 5.57. The van der Waals surface area contributed by atoms with Crippen LogP contribution in [0, 0.1) is 0 Å². The van der Waals surface area contributed by atoms with E-state index in [0.29, 0.717) is 0 Å². The minimum atomic E-state index is 0.158. The third kappa shape index (κ3) is 7.35. The highest BCUT2D eigenvalue weighted by Crippen LogP contribution is 2.28. The van der Waals surface area contributed by atoms with Gasteiger partial charge in [-0.15, -0.1) is 11.8 Å². The molecule has 0 unspecified atom stereocenters. The van der Waals surface area contributed by atoms with E-state index in [4.69, 9.17) is 0 Å². The molecular weight excluding hydrogens is 320 g/mol. The highest BCUT2D eigenvalue weighted by atomic mass is 79.9. The van der Waals surface area contributed by atoms with Gasteiger partial charge in [-0.3, -0.25) is 0 Å². The number of nitrogens with zero attached hydrogens (tertiary/aromatic N) is 1. The molecule has 2 nitrogen and oxygen atoms in total. The summed E-state index contributed by atoms with van der Waals surface area (Å²) in [5, 5.41) is 3.51. The van der Waals surface area contributed by atoms with E-state index in [-0.39, 0.29) is 5.54 Å². The molecule has 0 radical (unpaired) electrons. The minimum absolute atomic E-state index is 0.158. The normalized spacial score (nSPS) is 12.2. The molecule has 1 rings (SSSR count). The maximum atomic E-state index is 3.67. The summed E-state index contributed by atoms with van der Waals surface area (Å²) in [6.45, 7) is 8.57. The van der Waals surface area contributed by atoms with Crippen molar-refractivity contribution in [2.24, 2.45) is 0 Å². The van der Waals surface area contributed by atoms with Gasteiger partial charge in [0, 0.05) is 33.7 Å². The molecule has 1 aromatic rings. The minimum Gasteiger partial charge on any atom is -0.309 e. The lowest BCUT2D eigenvalue weighted by atomic mass is 10.1. The lowest BCUT2D eigenvalue weighted by Crippen LogP contribution is -2.35. The van der Waals surface area contributed by atoms with E-state index < -0.39 is 0 Å². The molecule has 0 aliphatic heterocycles. The van der Waals surface area contributed by atoms with Crippen molar-refractivity contribution in [3.63, 3.8) is 0 Å². The number of halogens is 1. The maximum Gasteiger partial charge on any atom is 0.0314 e. The Morgan fingerprint density at radius 3 is 2.47 bits per heavy atom. The summed E-state index contributed by atoms with van der Waals surface area (Å²) in [6, 6.07) is 6.64. The SMILES string of the molecule is CN(C)CCSc1ccc(CNC(C)(C)C)cc1Br. The van der Waals surface area contributed by atoms with Crippen LogP contribution < -0.4 is 5.32 Å². The van der Waals surface area contributed by atoms with Gasteiger partial charge in [0.1, 0.15) is 0 Å². The van der Waals surface area contributed by atoms with Gasteiger partial charge in [-0.2, -0.15) is 0 Å². The molecule has 0 aliphatic carbocycles. The van der Waals surface area contributed by atoms with E-state index in [0.717, 1.165) is 18.8 Å². The largest absolute Gasteiger partial charge is 0.309 e. The van der Waals surface area contributed by atoms with Gasteiger partial charge in [-0.1, -0.05) is 6.07 Å². The molecule has 0 heterocycles. The van der Waals surface area contributed by atoms with Crippen LogP contribution in [0.15, 0.2) is 27.6 Å². The molecule has 0 saturated heterocycles. The second kappa shape index (κ2) is 7.67. The molecule has 19 heavy (non-hydrogen) atoms. The molecule has 0 amide bonds. The zero-order chi connectivity index (χ0) is 14.5. The fourth-order valence-electron chi connectivity index (χ4n) is 1.48. The van der Waals surface area contributed by atoms with Crippen molar-refractivity contribution in [2.45, 2.75) is 37.8 Å². The average Bonchev–Trinajstić information content (AvgIpc) is 2.27. The van der Waals surface area contributed by atoms with Crippen LogP contribution in [0.2, 0.25) is 0 Å². The predicted molar refractivity (Wildman–Crippen MR) is 90.0 cm³/mol. The number of benzene rings is 1. The molecule has 1 N–H and O–H groups in total. The van der Waals surface area contributed by atoms with E-state index in [1.807, 2.05) is 11.8 Å². The molecule has 0 saturated carbocycles. The van der Waals surface area contributed by atoms with Crippen LogP contribution in [0.3, 0.4) is 0 Å². The fraction of sp³-hybridized carbons (Fsp3) is 0.600. The predicted octanol–water partition coefficient (Wildman–Crippen LogP) is 3.99. The Labute approximate surface area is 130 Å². The van der Waals surface area contributed by atoms with Gasteiger partial charge in [0.15, 0.2) is 0 Å². The van der Waals surface area contributed by atoms with Gasteiger partial charge in [0.05, 0.1) is 0 Å². The third-order valence-corrected chi connectivity index (χ3v) is 4.59. The molecule has 0 fully saturated rings. The highest BCUT2D eigenvalue weighted by molar-refractivity contribution is 9.10. The lowest BCUT2D eigenvalue weighted by Gasteiger charge is -2.20. The van der Waals surface area contributed by atoms with Crippen LogP contribution in [0.1, 0.15) is 26.3 Å². The van der Waals surface area contributed by atoms with Gasteiger partial charge < -0.3 is 10.2 Å². The van der Waals surface area contributed by atoms with Gasteiger partial charge in [-0.05, 0) is 68.5 Å². The Morgan fingerprint density at radius 2 is 1.95 bits per heavy atom. The van der Waals surface area contributed by atoms with Crippen molar-refractivity contribution in [1.82, 2.24) is 10.2 Å². The number of nitrogens with one attached hydrogen (secondary N) is 1. The zero-order valence-corrected chi connectivity index (χ0v) is 15.0. The number of hydrogen-bond acceptors (Lipinski definition) is 3. The van der Waals surface area contributed by atoms with Gasteiger partial charge in [0.2, 0.25) is 0 Å². The number of hydrogen-bond donors (Lipinski definition) is 1. The maximum absolute atomic E-state index is 3.67. The lowest BCUT2D eigenvalue weighted by molar-refractivity contribution is 0.424. The molecule has 0 aromatic heterocycles. The van der Waals surface area contributed by atoms with Gasteiger partial charge in [-0.25, -0.2) is 0 Å². The van der Waals surface area contributed by atoms with E-state index in [1.165, 1.54) is 14.9 Å². The van der Waals surface area contributed by atoms with E-state index in [2.05, 4.69) is 79.2 Å². The third-order valence-electron chi connectivity index (χ3n) is 2.62. The topological polar surface area (TPSA) is 15.3 Å². The Hall–Kier alpha value is -0.0300. The van der Waals surface area contributed by atoms with Crippen LogP contribution in [-0.4, -0.2) is 36.8 Å². The molecule has 0 bridgehead atoms. The number of thioether (sulfide) groups is 1. The summed E-state index contributed by atoms with van der Waals surface area (Å²) in [4.78, 5) is 3.53. The Bertz CT molecular complexity index is 400. The van der Waals surface area contributed by atoms with E-state index in [1.54, 1.807) is 0 Å². The van der Waals surface area contributed by atoms with Crippen molar-refractivity contribution in [3.05, 3.63) is 28.2 Å². The van der Waals surface area contributed by atoms with Crippen LogP contribution in [-0.2, 0) is 6.54 Å². The average molecular weight is 345 g/mol. The summed E-state index contributed by atoms with van der Waals surface area (Å²) in [5.41, 5.74) is 1.48. The number of rotatable bonds is 6. The molecule has 0 spiro atoms. The summed E-state index contributed by atoms with van der Waals surface area (Å²) < 4.78 is 1.20. The molecule has 0 atom stereocenters. The van der Waals surface area contributed by atoms with Gasteiger partial charge in [0.25, 0.3) is 0 Å². The molecule has 4 heteroatoms. The Balaban J connectivity index is 2.54. The molecule has 0 aliphatic rings. The first-order valence-electron chi connectivity index (χ1n) is 6.59. The van der Waals surface area contributed by atoms with E-state index >= 15 is 0 Å². The smallest absolute Gasteiger partial charge is 0.0314 e. The fourth-order valence-corrected chi connectivity index (χ4v) is 3.28. The van der Waals surface area contributed by atoms with Crippen molar-refractivity contribution in [3.8, 4) is 0 Å². The summed E-state index contributed by atoms with van der Waals surface area (Å²) in [5.74, 6) is 1.12. The second-order valence-electron chi connectivity index (χ2n) is 6.02. The Kier molecular flexibility index (Phi) is 6.87. The molecule has 108 valence electrons. The molecular formula is C15H25BrN2S. The quantitative estimate of drug-likeness (QED) is 0.785. The highest BCUT2D eigenvalue weighted by Gasteiger charge is 2.09. The monoisotopic (exact) mass is 344 g/mol. The second-order valence-corrected chi connectivity index (χ2v) is 8.01. The molecule has 1 aromatic carbocycles. The van der Waals surface area contributed by atoms with Crippen LogP contribution >= 0.6 is 27.7 Å². The van der Waals surface area contributed by atoms with Crippen molar-refractivity contribution < 1.29 is 0 Å².